The zero-order chi connectivity index (χ0) is 26.2. The quantitative estimate of drug-likeness (QED) is 0.389. The Morgan fingerprint density at radius 1 is 0.892 bits per heavy atom. The summed E-state index contributed by atoms with van der Waals surface area (Å²) >= 11 is 0. The van der Waals surface area contributed by atoms with Crippen molar-refractivity contribution in [2.24, 2.45) is 0 Å². The van der Waals surface area contributed by atoms with Gasteiger partial charge in [0.15, 0.2) is 24.7 Å². The predicted molar refractivity (Wildman–Crippen MR) is 129 cm³/mol. The highest BCUT2D eigenvalue weighted by Crippen LogP contribution is 2.31. The van der Waals surface area contributed by atoms with E-state index in [4.69, 9.17) is 23.7 Å². The summed E-state index contributed by atoms with van der Waals surface area (Å²) in [5.74, 6) is -2.18. The standard InChI is InChI=1S/C28H27FO8/c1-33-28-24(37-27(32)20-15-9-4-10-16-20)23(36-26(31)19-13-7-3-8-14-19)22(29)21(35-28)17-34-25(30)18-11-5-2-6-12-18/h2-7,9-13,15-16,21-24,28H,8,14,17H2,1H3. The SMILES string of the molecule is COC1OC(COC(=O)c2ccccc2)C(F)C(OC(=O)C2=CC=CCC2)C1OC(=O)c1ccccc1. The molecule has 1 fully saturated rings. The molecule has 4 rings (SSSR count). The number of benzene rings is 2. The first-order chi connectivity index (χ1) is 18.0. The molecule has 0 saturated carbocycles. The van der Waals surface area contributed by atoms with Crippen LogP contribution in [0.4, 0.5) is 4.39 Å². The van der Waals surface area contributed by atoms with E-state index in [1.807, 2.05) is 6.08 Å². The van der Waals surface area contributed by atoms with Gasteiger partial charge in [-0.3, -0.25) is 0 Å². The Morgan fingerprint density at radius 2 is 1.51 bits per heavy atom. The average molecular weight is 511 g/mol. The Bertz CT molecular complexity index is 1150. The number of halogens is 1. The van der Waals surface area contributed by atoms with Gasteiger partial charge >= 0.3 is 17.9 Å². The van der Waals surface area contributed by atoms with Crippen LogP contribution in [0.25, 0.3) is 0 Å². The van der Waals surface area contributed by atoms with E-state index < -0.39 is 55.3 Å². The van der Waals surface area contributed by atoms with Crippen molar-refractivity contribution in [2.75, 3.05) is 13.7 Å². The molecule has 1 aliphatic heterocycles. The molecular weight excluding hydrogens is 483 g/mol. The summed E-state index contributed by atoms with van der Waals surface area (Å²) < 4.78 is 43.2. The Labute approximate surface area is 213 Å². The fourth-order valence-corrected chi connectivity index (χ4v) is 4.00. The summed E-state index contributed by atoms with van der Waals surface area (Å²) in [6.07, 6.45) is -1.36. The Hall–Kier alpha value is -3.82. The van der Waals surface area contributed by atoms with Gasteiger partial charge in [0.05, 0.1) is 11.1 Å². The molecule has 0 amide bonds. The molecule has 0 radical (unpaired) electrons. The fourth-order valence-electron chi connectivity index (χ4n) is 4.00. The molecule has 1 aliphatic carbocycles. The van der Waals surface area contributed by atoms with Crippen molar-refractivity contribution >= 4 is 17.9 Å². The number of hydrogen-bond donors (Lipinski definition) is 0. The van der Waals surface area contributed by atoms with E-state index in [0.717, 1.165) is 0 Å². The number of ether oxygens (including phenoxy) is 5. The molecule has 37 heavy (non-hydrogen) atoms. The first-order valence-corrected chi connectivity index (χ1v) is 11.8. The van der Waals surface area contributed by atoms with Gasteiger partial charge in [-0.25, -0.2) is 18.8 Å². The zero-order valence-corrected chi connectivity index (χ0v) is 20.2. The van der Waals surface area contributed by atoms with Gasteiger partial charge in [-0.2, -0.15) is 0 Å². The van der Waals surface area contributed by atoms with E-state index >= 15 is 4.39 Å². The van der Waals surface area contributed by atoms with E-state index in [9.17, 15) is 14.4 Å². The second-order valence-corrected chi connectivity index (χ2v) is 8.45. The maximum Gasteiger partial charge on any atom is 0.338 e. The fraction of sp³-hybridized carbons (Fsp3) is 0.321. The Balaban J connectivity index is 1.54. The number of alkyl halides is 1. The molecule has 0 N–H and O–H groups in total. The van der Waals surface area contributed by atoms with Crippen molar-refractivity contribution in [3.63, 3.8) is 0 Å². The largest absolute Gasteiger partial charge is 0.459 e. The summed E-state index contributed by atoms with van der Waals surface area (Å²) in [6, 6.07) is 16.3. The first kappa shape index (κ1) is 26.2. The summed E-state index contributed by atoms with van der Waals surface area (Å²) in [6.45, 7) is -0.479. The molecule has 0 spiro atoms. The summed E-state index contributed by atoms with van der Waals surface area (Å²) in [5, 5.41) is 0. The molecule has 5 atom stereocenters. The van der Waals surface area contributed by atoms with E-state index in [0.29, 0.717) is 18.4 Å². The average Bonchev–Trinajstić information content (AvgIpc) is 2.95. The minimum Gasteiger partial charge on any atom is -0.459 e. The van der Waals surface area contributed by atoms with Crippen LogP contribution in [0.2, 0.25) is 0 Å². The lowest BCUT2D eigenvalue weighted by Gasteiger charge is -2.41. The van der Waals surface area contributed by atoms with Crippen LogP contribution in [0.1, 0.15) is 33.6 Å². The van der Waals surface area contributed by atoms with Crippen LogP contribution >= 0.6 is 0 Å². The molecule has 9 heteroatoms. The third-order valence-electron chi connectivity index (χ3n) is 5.96. The van der Waals surface area contributed by atoms with Gasteiger partial charge in [0, 0.05) is 12.7 Å². The zero-order valence-electron chi connectivity index (χ0n) is 20.2. The molecule has 0 bridgehead atoms. The monoisotopic (exact) mass is 510 g/mol. The van der Waals surface area contributed by atoms with Crippen LogP contribution in [0, 0.1) is 0 Å². The number of allylic oxidation sites excluding steroid dienone is 3. The van der Waals surface area contributed by atoms with Crippen LogP contribution in [0.15, 0.2) is 84.5 Å². The normalized spacial score (nSPS) is 25.0. The predicted octanol–water partition coefficient (Wildman–Crippen LogP) is 3.97. The molecule has 2 aliphatic rings. The van der Waals surface area contributed by atoms with Crippen LogP contribution in [0.3, 0.4) is 0 Å². The lowest BCUT2D eigenvalue weighted by atomic mass is 9.99. The summed E-state index contributed by atoms with van der Waals surface area (Å²) in [7, 11) is 1.28. The number of esters is 3. The molecule has 2 aromatic rings. The minimum absolute atomic E-state index is 0.219. The lowest BCUT2D eigenvalue weighted by molar-refractivity contribution is -0.285. The third kappa shape index (κ3) is 6.49. The highest BCUT2D eigenvalue weighted by molar-refractivity contribution is 5.90. The van der Waals surface area contributed by atoms with Crippen LogP contribution in [-0.2, 0) is 28.5 Å². The van der Waals surface area contributed by atoms with Crippen molar-refractivity contribution in [1.29, 1.82) is 0 Å². The molecule has 0 aromatic heterocycles. The minimum atomic E-state index is -1.99. The highest BCUT2D eigenvalue weighted by atomic mass is 19.1. The van der Waals surface area contributed by atoms with E-state index in [2.05, 4.69) is 0 Å². The maximum atomic E-state index is 15.8. The van der Waals surface area contributed by atoms with Gasteiger partial charge in [0.2, 0.25) is 0 Å². The van der Waals surface area contributed by atoms with E-state index in [1.54, 1.807) is 60.7 Å². The Kier molecular flexibility index (Phi) is 8.81. The molecular formula is C28H27FO8. The van der Waals surface area contributed by atoms with Gasteiger partial charge in [-0.1, -0.05) is 54.6 Å². The molecule has 8 nitrogen and oxygen atoms in total. The van der Waals surface area contributed by atoms with E-state index in [1.165, 1.54) is 19.2 Å². The van der Waals surface area contributed by atoms with Crippen LogP contribution < -0.4 is 0 Å². The molecule has 1 heterocycles. The van der Waals surface area contributed by atoms with Crippen molar-refractivity contribution in [2.45, 2.75) is 43.6 Å². The summed E-state index contributed by atoms with van der Waals surface area (Å²) in [4.78, 5) is 38.0. The number of rotatable bonds is 8. The van der Waals surface area contributed by atoms with Crippen molar-refractivity contribution in [3.05, 3.63) is 95.6 Å². The molecule has 1 saturated heterocycles. The second kappa shape index (κ2) is 12.4. The lowest BCUT2D eigenvalue weighted by Crippen LogP contribution is -2.60. The number of methoxy groups -OCH3 is 1. The van der Waals surface area contributed by atoms with E-state index in [-0.39, 0.29) is 11.1 Å². The maximum absolute atomic E-state index is 15.8. The van der Waals surface area contributed by atoms with Crippen molar-refractivity contribution in [3.8, 4) is 0 Å². The topological polar surface area (TPSA) is 97.4 Å². The van der Waals surface area contributed by atoms with Gasteiger partial charge in [-0.05, 0) is 37.1 Å². The van der Waals surface area contributed by atoms with Gasteiger partial charge in [-0.15, -0.1) is 0 Å². The molecule has 5 unspecified atom stereocenters. The molecule has 194 valence electrons. The third-order valence-corrected chi connectivity index (χ3v) is 5.96. The van der Waals surface area contributed by atoms with Gasteiger partial charge in [0.25, 0.3) is 0 Å². The first-order valence-electron chi connectivity index (χ1n) is 11.8. The van der Waals surface area contributed by atoms with Gasteiger partial charge in [0.1, 0.15) is 12.7 Å². The Morgan fingerprint density at radius 3 is 2.11 bits per heavy atom. The second-order valence-electron chi connectivity index (χ2n) is 8.45. The number of carbonyl (C=O) groups excluding carboxylic acids is 3. The number of carbonyl (C=O) groups is 3. The highest BCUT2D eigenvalue weighted by Gasteiger charge is 2.52. The van der Waals surface area contributed by atoms with Crippen LogP contribution in [0.5, 0.6) is 0 Å². The van der Waals surface area contributed by atoms with Crippen molar-refractivity contribution in [1.82, 2.24) is 0 Å². The summed E-state index contributed by atoms with van der Waals surface area (Å²) in [5.41, 5.74) is 0.860. The van der Waals surface area contributed by atoms with Crippen LogP contribution in [-0.4, -0.2) is 62.4 Å². The van der Waals surface area contributed by atoms with Crippen molar-refractivity contribution < 1.29 is 42.5 Å². The number of hydrogen-bond acceptors (Lipinski definition) is 8. The molecule has 2 aromatic carbocycles. The smallest absolute Gasteiger partial charge is 0.338 e. The van der Waals surface area contributed by atoms with Gasteiger partial charge < -0.3 is 23.7 Å².